The summed E-state index contributed by atoms with van der Waals surface area (Å²) in [5.74, 6) is 0.543. The van der Waals surface area contributed by atoms with Crippen molar-refractivity contribution in [3.05, 3.63) is 48.4 Å². The van der Waals surface area contributed by atoms with Gasteiger partial charge in [-0.05, 0) is 31.2 Å². The minimum atomic E-state index is -1.33. The van der Waals surface area contributed by atoms with Crippen LogP contribution in [0.25, 0.3) is 0 Å². The molecule has 2 aliphatic heterocycles. The number of carbonyl (C=O) groups excluding carboxylic acids is 3. The number of hydrogen-bond acceptors (Lipinski definition) is 6. The first-order chi connectivity index (χ1) is 13.5. The van der Waals surface area contributed by atoms with Crippen LogP contribution < -0.4 is 20.1 Å². The molecule has 2 unspecified atom stereocenters. The normalized spacial score (nSPS) is 23.5. The van der Waals surface area contributed by atoms with Crippen molar-refractivity contribution in [2.75, 3.05) is 19.7 Å². The summed E-state index contributed by atoms with van der Waals surface area (Å²) in [6.45, 7) is 1.61. The predicted molar refractivity (Wildman–Crippen MR) is 95.7 cm³/mol. The predicted octanol–water partition coefficient (Wildman–Crippen LogP) is 1.00. The van der Waals surface area contributed by atoms with Crippen molar-refractivity contribution in [1.82, 2.24) is 15.5 Å². The van der Waals surface area contributed by atoms with E-state index in [0.717, 1.165) is 4.90 Å². The van der Waals surface area contributed by atoms with Gasteiger partial charge in [0.05, 0.1) is 12.8 Å². The number of nitrogens with one attached hydrogen (secondary N) is 2. The van der Waals surface area contributed by atoms with Crippen LogP contribution in [-0.4, -0.2) is 48.5 Å². The Balaban J connectivity index is 1.33. The Morgan fingerprint density at radius 2 is 2.04 bits per heavy atom. The zero-order chi connectivity index (χ0) is 19.7. The topological polar surface area (TPSA) is 110 Å². The molecule has 0 radical (unpaired) electrons. The Kier molecular flexibility index (Phi) is 4.42. The summed E-state index contributed by atoms with van der Waals surface area (Å²) in [4.78, 5) is 38.0. The molecule has 1 saturated heterocycles. The lowest BCUT2D eigenvalue weighted by Crippen LogP contribution is -2.46. The van der Waals surface area contributed by atoms with Gasteiger partial charge in [0.1, 0.15) is 25.0 Å². The van der Waals surface area contributed by atoms with Crippen molar-refractivity contribution in [2.24, 2.45) is 0 Å². The maximum Gasteiger partial charge on any atom is 0.325 e. The molecule has 0 bridgehead atoms. The van der Waals surface area contributed by atoms with Crippen LogP contribution in [0.1, 0.15) is 12.7 Å². The second-order valence-electron chi connectivity index (χ2n) is 6.73. The van der Waals surface area contributed by atoms with E-state index >= 15 is 0 Å². The molecule has 2 aromatic rings. The van der Waals surface area contributed by atoms with Gasteiger partial charge < -0.3 is 24.5 Å². The van der Waals surface area contributed by atoms with E-state index in [-0.39, 0.29) is 19.3 Å². The van der Waals surface area contributed by atoms with Crippen LogP contribution in [-0.2, 0) is 15.1 Å². The summed E-state index contributed by atoms with van der Waals surface area (Å²) in [5.41, 5.74) is -1.33. The Hall–Kier alpha value is -3.49. The highest BCUT2D eigenvalue weighted by Crippen LogP contribution is 2.31. The van der Waals surface area contributed by atoms with E-state index in [1.54, 1.807) is 24.3 Å². The van der Waals surface area contributed by atoms with E-state index < -0.39 is 29.9 Å². The molecule has 2 aliphatic rings. The van der Waals surface area contributed by atoms with Crippen LogP contribution in [0.4, 0.5) is 4.79 Å². The van der Waals surface area contributed by atoms with Crippen molar-refractivity contribution in [3.63, 3.8) is 0 Å². The first-order valence-corrected chi connectivity index (χ1v) is 8.80. The third kappa shape index (κ3) is 3.15. The zero-order valence-corrected chi connectivity index (χ0v) is 15.1. The molecule has 28 heavy (non-hydrogen) atoms. The average molecular weight is 385 g/mol. The van der Waals surface area contributed by atoms with E-state index in [2.05, 4.69) is 10.6 Å². The molecule has 0 aliphatic carbocycles. The fraction of sp³-hybridized carbons (Fsp3) is 0.316. The smallest absolute Gasteiger partial charge is 0.325 e. The molecule has 9 heteroatoms. The number of hydrogen-bond donors (Lipinski definition) is 2. The Labute approximate surface area is 160 Å². The molecule has 0 saturated carbocycles. The minimum absolute atomic E-state index is 0.187. The van der Waals surface area contributed by atoms with Crippen LogP contribution in [0.2, 0.25) is 0 Å². The zero-order valence-electron chi connectivity index (χ0n) is 15.1. The molecule has 2 N–H and O–H groups in total. The number of amides is 4. The highest BCUT2D eigenvalue weighted by Gasteiger charge is 2.51. The lowest BCUT2D eigenvalue weighted by molar-refractivity contribution is -0.135. The first kappa shape index (κ1) is 17.9. The van der Waals surface area contributed by atoms with Gasteiger partial charge in [-0.2, -0.15) is 0 Å². The van der Waals surface area contributed by atoms with Crippen molar-refractivity contribution < 1.29 is 28.3 Å². The molecule has 4 rings (SSSR count). The number of ether oxygens (including phenoxy) is 2. The van der Waals surface area contributed by atoms with Crippen molar-refractivity contribution in [1.29, 1.82) is 0 Å². The quantitative estimate of drug-likeness (QED) is 0.743. The molecule has 146 valence electrons. The van der Waals surface area contributed by atoms with E-state index in [9.17, 15) is 14.4 Å². The Morgan fingerprint density at radius 3 is 2.79 bits per heavy atom. The van der Waals surface area contributed by atoms with Crippen LogP contribution in [0.15, 0.2) is 47.1 Å². The lowest BCUT2D eigenvalue weighted by Gasteiger charge is -2.26. The van der Waals surface area contributed by atoms with Crippen molar-refractivity contribution >= 4 is 17.8 Å². The number of nitrogens with zero attached hydrogens (tertiary/aromatic N) is 1. The molecule has 1 aromatic heterocycles. The molecule has 1 aromatic carbocycles. The van der Waals surface area contributed by atoms with Gasteiger partial charge in [0.15, 0.2) is 17.0 Å². The molecule has 1 fully saturated rings. The average Bonchev–Trinajstić information content (AvgIpc) is 3.31. The van der Waals surface area contributed by atoms with Crippen molar-refractivity contribution in [2.45, 2.75) is 18.6 Å². The lowest BCUT2D eigenvalue weighted by atomic mass is 9.99. The maximum absolute atomic E-state index is 12.7. The SMILES string of the molecule is CC1(c2ccco2)NC(=O)N(CC(=O)NCC2COc3ccccc3O2)C1=O. The van der Waals surface area contributed by atoms with Gasteiger partial charge in [-0.25, -0.2) is 4.79 Å². The number of imide groups is 1. The largest absolute Gasteiger partial charge is 0.486 e. The van der Waals surface area contributed by atoms with Crippen molar-refractivity contribution in [3.8, 4) is 11.5 Å². The van der Waals surface area contributed by atoms with Crippen LogP contribution in [0.5, 0.6) is 11.5 Å². The summed E-state index contributed by atoms with van der Waals surface area (Å²) in [6, 6.07) is 9.84. The number of furan rings is 1. The van der Waals surface area contributed by atoms with E-state index in [1.165, 1.54) is 13.2 Å². The molecular weight excluding hydrogens is 366 g/mol. The summed E-state index contributed by atoms with van der Waals surface area (Å²) < 4.78 is 16.6. The number of para-hydroxylation sites is 2. The monoisotopic (exact) mass is 385 g/mol. The van der Waals surface area contributed by atoms with Gasteiger partial charge in [-0.1, -0.05) is 12.1 Å². The fourth-order valence-corrected chi connectivity index (χ4v) is 3.16. The molecular formula is C19H19N3O6. The molecule has 9 nitrogen and oxygen atoms in total. The Morgan fingerprint density at radius 1 is 1.25 bits per heavy atom. The van der Waals surface area contributed by atoms with Crippen LogP contribution in [0.3, 0.4) is 0 Å². The second-order valence-corrected chi connectivity index (χ2v) is 6.73. The summed E-state index contributed by atoms with van der Waals surface area (Å²) in [6.07, 6.45) is 1.05. The number of urea groups is 1. The minimum Gasteiger partial charge on any atom is -0.486 e. The fourth-order valence-electron chi connectivity index (χ4n) is 3.16. The highest BCUT2D eigenvalue weighted by atomic mass is 16.6. The summed E-state index contributed by atoms with van der Waals surface area (Å²) in [5, 5.41) is 5.25. The van der Waals surface area contributed by atoms with E-state index in [0.29, 0.717) is 17.3 Å². The van der Waals surface area contributed by atoms with Gasteiger partial charge >= 0.3 is 6.03 Å². The third-order valence-electron chi connectivity index (χ3n) is 4.69. The van der Waals surface area contributed by atoms with Gasteiger partial charge in [0.25, 0.3) is 5.91 Å². The molecule has 2 atom stereocenters. The highest BCUT2D eigenvalue weighted by molar-refractivity contribution is 6.08. The summed E-state index contributed by atoms with van der Waals surface area (Å²) >= 11 is 0. The molecule has 3 heterocycles. The van der Waals surface area contributed by atoms with Gasteiger partial charge in [0.2, 0.25) is 5.91 Å². The van der Waals surface area contributed by atoms with Gasteiger partial charge in [0, 0.05) is 0 Å². The number of fused-ring (bicyclic) bond motifs is 1. The maximum atomic E-state index is 12.7. The van der Waals surface area contributed by atoms with Crippen LogP contribution >= 0.6 is 0 Å². The van der Waals surface area contributed by atoms with Gasteiger partial charge in [-0.15, -0.1) is 0 Å². The standard InChI is InChI=1S/C19H19N3O6/c1-19(15-7-4-8-26-15)17(24)22(18(25)21-19)10-16(23)20-9-12-11-27-13-5-2-3-6-14(13)28-12/h2-8,12H,9-11H2,1H3,(H,20,23)(H,21,25). The molecule has 0 spiro atoms. The first-order valence-electron chi connectivity index (χ1n) is 8.80. The van der Waals surface area contributed by atoms with E-state index in [1.807, 2.05) is 12.1 Å². The second kappa shape index (κ2) is 6.91. The number of benzene rings is 1. The number of rotatable bonds is 5. The Bertz CT molecular complexity index is 912. The number of carbonyl (C=O) groups is 3. The summed E-state index contributed by atoms with van der Waals surface area (Å²) in [7, 11) is 0. The third-order valence-corrected chi connectivity index (χ3v) is 4.69. The molecule has 4 amide bonds. The van der Waals surface area contributed by atoms with Gasteiger partial charge in [-0.3, -0.25) is 14.5 Å². The van der Waals surface area contributed by atoms with E-state index in [4.69, 9.17) is 13.9 Å². The van der Waals surface area contributed by atoms with Crippen LogP contribution in [0, 0.1) is 0 Å².